The van der Waals surface area contributed by atoms with Gasteiger partial charge in [-0.05, 0) is 44.1 Å². The molecule has 1 aliphatic rings. The van der Waals surface area contributed by atoms with Crippen molar-refractivity contribution in [2.24, 2.45) is 16.1 Å². The molecule has 0 radical (unpaired) electrons. The highest BCUT2D eigenvalue weighted by molar-refractivity contribution is 5.88. The van der Waals surface area contributed by atoms with Crippen molar-refractivity contribution in [1.82, 2.24) is 5.32 Å². The Bertz CT molecular complexity index is 422. The average molecular weight is 235 g/mol. The largest absolute Gasteiger partial charge is 0.387 e. The second-order valence-electron chi connectivity index (χ2n) is 4.79. The summed E-state index contributed by atoms with van der Waals surface area (Å²) in [5.41, 5.74) is 6.58. The van der Waals surface area contributed by atoms with E-state index >= 15 is 0 Å². The van der Waals surface area contributed by atoms with Crippen molar-refractivity contribution >= 4 is 11.5 Å². The lowest BCUT2D eigenvalue weighted by molar-refractivity contribution is 0.326. The van der Waals surface area contributed by atoms with Crippen LogP contribution in [0.15, 0.2) is 29.3 Å². The summed E-state index contributed by atoms with van der Waals surface area (Å²) in [4.78, 5) is 4.34. The maximum atomic E-state index is 13.0. The maximum Gasteiger partial charge on any atom is 0.125 e. The number of nitrogens with zero attached hydrogens (tertiary/aromatic N) is 1. The van der Waals surface area contributed by atoms with Crippen molar-refractivity contribution < 1.29 is 4.39 Å². The Labute approximate surface area is 101 Å². The molecule has 0 unspecified atom stereocenters. The Hall–Kier alpha value is -1.42. The Balaban J connectivity index is 2.21. The molecule has 0 amide bonds. The van der Waals surface area contributed by atoms with Crippen molar-refractivity contribution in [3.8, 4) is 0 Å². The first-order valence-electron chi connectivity index (χ1n) is 5.91. The van der Waals surface area contributed by atoms with Crippen LogP contribution in [0, 0.1) is 11.2 Å². The van der Waals surface area contributed by atoms with Crippen LogP contribution in [-0.4, -0.2) is 18.9 Å². The number of benzene rings is 1. The Kier molecular flexibility index (Phi) is 3.43. The monoisotopic (exact) mass is 235 g/mol. The van der Waals surface area contributed by atoms with Crippen LogP contribution >= 0.6 is 0 Å². The van der Waals surface area contributed by atoms with Gasteiger partial charge in [0.2, 0.25) is 0 Å². The molecule has 92 valence electrons. The van der Waals surface area contributed by atoms with Gasteiger partial charge in [0.1, 0.15) is 11.7 Å². The minimum absolute atomic E-state index is 0.0719. The summed E-state index contributed by atoms with van der Waals surface area (Å²) >= 11 is 0. The average Bonchev–Trinajstić information content (AvgIpc) is 2.30. The lowest BCUT2D eigenvalue weighted by Gasteiger charge is -2.33. The lowest BCUT2D eigenvalue weighted by Crippen LogP contribution is -2.43. The van der Waals surface area contributed by atoms with Gasteiger partial charge in [0.25, 0.3) is 0 Å². The van der Waals surface area contributed by atoms with E-state index in [0.29, 0.717) is 11.5 Å². The molecular weight excluding hydrogens is 217 g/mol. The van der Waals surface area contributed by atoms with E-state index in [2.05, 4.69) is 17.2 Å². The SMILES string of the molecule is CC1(C(N)=Nc2cccc(F)c2)CCNCC1. The van der Waals surface area contributed by atoms with E-state index in [-0.39, 0.29) is 11.2 Å². The summed E-state index contributed by atoms with van der Waals surface area (Å²) in [6.45, 7) is 4.03. The molecule has 1 aromatic rings. The molecule has 1 heterocycles. The number of hydrogen-bond acceptors (Lipinski definition) is 2. The maximum absolute atomic E-state index is 13.0. The predicted octanol–water partition coefficient (Wildman–Crippen LogP) is 2.20. The van der Waals surface area contributed by atoms with E-state index in [1.54, 1.807) is 12.1 Å². The highest BCUT2D eigenvalue weighted by Gasteiger charge is 2.30. The van der Waals surface area contributed by atoms with Gasteiger partial charge in [-0.1, -0.05) is 13.0 Å². The third kappa shape index (κ3) is 2.82. The molecule has 4 heteroatoms. The van der Waals surface area contributed by atoms with Crippen molar-refractivity contribution in [3.63, 3.8) is 0 Å². The standard InChI is InChI=1S/C13H18FN3/c1-13(5-7-16-8-6-13)12(15)17-11-4-2-3-10(14)9-11/h2-4,9,16H,5-8H2,1H3,(H2,15,17). The fourth-order valence-electron chi connectivity index (χ4n) is 2.05. The van der Waals surface area contributed by atoms with E-state index in [9.17, 15) is 4.39 Å². The van der Waals surface area contributed by atoms with Gasteiger partial charge in [-0.3, -0.25) is 0 Å². The predicted molar refractivity (Wildman–Crippen MR) is 67.9 cm³/mol. The minimum atomic E-state index is -0.283. The molecule has 2 rings (SSSR count). The van der Waals surface area contributed by atoms with Crippen LogP contribution in [0.1, 0.15) is 19.8 Å². The van der Waals surface area contributed by atoms with E-state index < -0.39 is 0 Å². The summed E-state index contributed by atoms with van der Waals surface area (Å²) in [7, 11) is 0. The van der Waals surface area contributed by atoms with Gasteiger partial charge in [0.05, 0.1) is 5.69 Å². The van der Waals surface area contributed by atoms with Crippen LogP contribution in [0.4, 0.5) is 10.1 Å². The summed E-state index contributed by atoms with van der Waals surface area (Å²) < 4.78 is 13.0. The molecule has 1 saturated heterocycles. The van der Waals surface area contributed by atoms with Crippen molar-refractivity contribution in [2.45, 2.75) is 19.8 Å². The number of nitrogens with one attached hydrogen (secondary N) is 1. The molecule has 1 aromatic carbocycles. The van der Waals surface area contributed by atoms with Gasteiger partial charge >= 0.3 is 0 Å². The molecule has 3 N–H and O–H groups in total. The van der Waals surface area contributed by atoms with Gasteiger partial charge in [-0.2, -0.15) is 0 Å². The number of amidine groups is 1. The zero-order chi connectivity index (χ0) is 12.3. The second-order valence-corrected chi connectivity index (χ2v) is 4.79. The fraction of sp³-hybridized carbons (Fsp3) is 0.462. The number of piperidine rings is 1. The van der Waals surface area contributed by atoms with Crippen LogP contribution in [0.5, 0.6) is 0 Å². The number of nitrogens with two attached hydrogens (primary N) is 1. The molecule has 17 heavy (non-hydrogen) atoms. The van der Waals surface area contributed by atoms with E-state index in [1.807, 2.05) is 0 Å². The van der Waals surface area contributed by atoms with Crippen molar-refractivity contribution in [3.05, 3.63) is 30.1 Å². The van der Waals surface area contributed by atoms with Crippen LogP contribution < -0.4 is 11.1 Å². The summed E-state index contributed by atoms with van der Waals surface area (Å²) in [6, 6.07) is 6.21. The molecule has 0 aromatic heterocycles. The first-order chi connectivity index (χ1) is 8.10. The van der Waals surface area contributed by atoms with Crippen LogP contribution in [0.25, 0.3) is 0 Å². The number of hydrogen-bond donors (Lipinski definition) is 2. The summed E-state index contributed by atoms with van der Waals surface area (Å²) in [5.74, 6) is 0.319. The van der Waals surface area contributed by atoms with Gasteiger partial charge in [0, 0.05) is 5.41 Å². The highest BCUT2D eigenvalue weighted by Crippen LogP contribution is 2.29. The topological polar surface area (TPSA) is 50.4 Å². The fourth-order valence-corrected chi connectivity index (χ4v) is 2.05. The van der Waals surface area contributed by atoms with Crippen molar-refractivity contribution in [1.29, 1.82) is 0 Å². The third-order valence-corrected chi connectivity index (χ3v) is 3.38. The first kappa shape index (κ1) is 12.0. The summed E-state index contributed by atoms with van der Waals surface area (Å²) in [6.07, 6.45) is 1.94. The highest BCUT2D eigenvalue weighted by atomic mass is 19.1. The lowest BCUT2D eigenvalue weighted by atomic mass is 9.80. The summed E-state index contributed by atoms with van der Waals surface area (Å²) in [5, 5.41) is 3.30. The molecule has 1 fully saturated rings. The Morgan fingerprint density at radius 3 is 2.76 bits per heavy atom. The van der Waals surface area contributed by atoms with E-state index in [4.69, 9.17) is 5.73 Å². The quantitative estimate of drug-likeness (QED) is 0.610. The number of halogens is 1. The van der Waals surface area contributed by atoms with Crippen LogP contribution in [-0.2, 0) is 0 Å². The molecule has 1 aliphatic heterocycles. The zero-order valence-electron chi connectivity index (χ0n) is 10.0. The van der Waals surface area contributed by atoms with Gasteiger partial charge < -0.3 is 11.1 Å². The Morgan fingerprint density at radius 1 is 1.41 bits per heavy atom. The third-order valence-electron chi connectivity index (χ3n) is 3.38. The Morgan fingerprint density at radius 2 is 2.12 bits per heavy atom. The van der Waals surface area contributed by atoms with E-state index in [0.717, 1.165) is 25.9 Å². The smallest absolute Gasteiger partial charge is 0.125 e. The number of aliphatic imine (C=N–C) groups is 1. The van der Waals surface area contributed by atoms with Gasteiger partial charge in [0.15, 0.2) is 0 Å². The van der Waals surface area contributed by atoms with Crippen molar-refractivity contribution in [2.75, 3.05) is 13.1 Å². The normalized spacial score (nSPS) is 20.2. The van der Waals surface area contributed by atoms with Crippen LogP contribution in [0.3, 0.4) is 0 Å². The molecule has 0 saturated carbocycles. The first-order valence-corrected chi connectivity index (χ1v) is 5.91. The zero-order valence-corrected chi connectivity index (χ0v) is 10.0. The molecule has 0 spiro atoms. The molecule has 0 atom stereocenters. The molecule has 0 aliphatic carbocycles. The second kappa shape index (κ2) is 4.84. The molecular formula is C13H18FN3. The molecule has 0 bridgehead atoms. The molecule has 3 nitrogen and oxygen atoms in total. The van der Waals surface area contributed by atoms with Gasteiger partial charge in [-0.15, -0.1) is 0 Å². The van der Waals surface area contributed by atoms with Crippen LogP contribution in [0.2, 0.25) is 0 Å². The van der Waals surface area contributed by atoms with E-state index in [1.165, 1.54) is 12.1 Å². The minimum Gasteiger partial charge on any atom is -0.387 e. The van der Waals surface area contributed by atoms with Gasteiger partial charge in [-0.25, -0.2) is 9.38 Å². The number of rotatable bonds is 2.